The molecule has 6 nitrogen and oxygen atoms in total. The molecule has 0 aromatic heterocycles. The van der Waals surface area contributed by atoms with Gasteiger partial charge in [-0.25, -0.2) is 0 Å². The molecule has 158 valence electrons. The molecule has 0 radical (unpaired) electrons. The molecule has 0 spiro atoms. The number of nitrogens with zero attached hydrogens (tertiary/aromatic N) is 1. The number of anilines is 1. The van der Waals surface area contributed by atoms with Crippen LogP contribution >= 0.6 is 0 Å². The molecule has 0 atom stereocenters. The zero-order chi connectivity index (χ0) is 21.6. The maximum Gasteiger partial charge on any atom is 0.251 e. The number of nitrogens with two attached hydrogens (primary N) is 1. The van der Waals surface area contributed by atoms with Crippen molar-refractivity contribution in [1.82, 2.24) is 5.32 Å². The third-order valence-electron chi connectivity index (χ3n) is 5.37. The molecule has 0 aliphatic carbocycles. The van der Waals surface area contributed by atoms with Crippen LogP contribution in [0.4, 0.5) is 5.69 Å². The monoisotopic (exact) mass is 415 g/mol. The van der Waals surface area contributed by atoms with E-state index in [1.165, 1.54) is 18.5 Å². The predicted molar refractivity (Wildman–Crippen MR) is 121 cm³/mol. The molecule has 1 aliphatic heterocycles. The predicted octanol–water partition coefficient (Wildman–Crippen LogP) is 4.11. The van der Waals surface area contributed by atoms with Gasteiger partial charge in [0.1, 0.15) is 11.5 Å². The van der Waals surface area contributed by atoms with Crippen molar-refractivity contribution in [2.24, 2.45) is 5.73 Å². The molecule has 4 rings (SSSR count). The van der Waals surface area contributed by atoms with Crippen LogP contribution in [-0.2, 0) is 6.54 Å². The number of carbonyl (C=O) groups excluding carboxylic acids is 2. The van der Waals surface area contributed by atoms with E-state index in [1.54, 1.807) is 48.5 Å². The lowest BCUT2D eigenvalue weighted by Crippen LogP contribution is -2.25. The fraction of sp³-hybridized carbons (Fsp3) is 0.200. The second-order valence-corrected chi connectivity index (χ2v) is 7.52. The standard InChI is InChI=1S/C25H25N3O3/c26-24(29)18-7-11-21(12-8-18)31-22-13-9-19(10-14-22)25(30)27-17-20-5-1-2-6-23(20)28-15-3-4-16-28/h1-2,5-14H,3-4,15-17H2,(H2,26,29)(H,27,30). The van der Waals surface area contributed by atoms with Crippen molar-refractivity contribution in [2.75, 3.05) is 18.0 Å². The average molecular weight is 415 g/mol. The first-order valence-corrected chi connectivity index (χ1v) is 10.4. The quantitative estimate of drug-likeness (QED) is 0.608. The lowest BCUT2D eigenvalue weighted by molar-refractivity contribution is 0.0949. The number of ether oxygens (including phenoxy) is 1. The first-order valence-electron chi connectivity index (χ1n) is 10.4. The van der Waals surface area contributed by atoms with Crippen molar-refractivity contribution in [3.05, 3.63) is 89.5 Å². The summed E-state index contributed by atoms with van der Waals surface area (Å²) in [5.74, 6) is 0.571. The molecule has 1 saturated heterocycles. The van der Waals surface area contributed by atoms with E-state index in [9.17, 15) is 9.59 Å². The molecule has 3 N–H and O–H groups in total. The summed E-state index contributed by atoms with van der Waals surface area (Å²) in [6, 6.07) is 21.8. The van der Waals surface area contributed by atoms with Crippen LogP contribution in [0.2, 0.25) is 0 Å². The Labute approximate surface area is 181 Å². The average Bonchev–Trinajstić information content (AvgIpc) is 3.33. The van der Waals surface area contributed by atoms with Gasteiger partial charge in [0, 0.05) is 36.4 Å². The minimum atomic E-state index is -0.482. The van der Waals surface area contributed by atoms with Crippen molar-refractivity contribution >= 4 is 17.5 Å². The molecule has 3 aromatic rings. The van der Waals surface area contributed by atoms with Crippen molar-refractivity contribution in [3.63, 3.8) is 0 Å². The highest BCUT2D eigenvalue weighted by molar-refractivity contribution is 5.94. The van der Waals surface area contributed by atoms with Crippen molar-refractivity contribution in [2.45, 2.75) is 19.4 Å². The van der Waals surface area contributed by atoms with E-state index >= 15 is 0 Å². The fourth-order valence-corrected chi connectivity index (χ4v) is 3.70. The van der Waals surface area contributed by atoms with Gasteiger partial charge in [-0.15, -0.1) is 0 Å². The third-order valence-corrected chi connectivity index (χ3v) is 5.37. The van der Waals surface area contributed by atoms with Crippen LogP contribution in [0.5, 0.6) is 11.5 Å². The molecule has 31 heavy (non-hydrogen) atoms. The molecule has 0 saturated carbocycles. The van der Waals surface area contributed by atoms with E-state index in [4.69, 9.17) is 10.5 Å². The van der Waals surface area contributed by atoms with Gasteiger partial charge in [-0.2, -0.15) is 0 Å². The number of hydrogen-bond acceptors (Lipinski definition) is 4. The van der Waals surface area contributed by atoms with Crippen molar-refractivity contribution in [1.29, 1.82) is 0 Å². The van der Waals surface area contributed by atoms with Crippen LogP contribution in [-0.4, -0.2) is 24.9 Å². The van der Waals surface area contributed by atoms with Gasteiger partial charge in [-0.1, -0.05) is 18.2 Å². The van der Waals surface area contributed by atoms with Crippen LogP contribution < -0.4 is 20.7 Å². The number of amides is 2. The minimum Gasteiger partial charge on any atom is -0.457 e. The van der Waals surface area contributed by atoms with Crippen LogP contribution in [0, 0.1) is 0 Å². The van der Waals surface area contributed by atoms with Gasteiger partial charge < -0.3 is 20.7 Å². The summed E-state index contributed by atoms with van der Waals surface area (Å²) < 4.78 is 5.76. The molecule has 0 bridgehead atoms. The van der Waals surface area contributed by atoms with Gasteiger partial charge >= 0.3 is 0 Å². The number of primary amides is 1. The van der Waals surface area contributed by atoms with Gasteiger partial charge in [-0.05, 0) is 73.0 Å². The van der Waals surface area contributed by atoms with E-state index in [0.717, 1.165) is 18.7 Å². The van der Waals surface area contributed by atoms with Crippen molar-refractivity contribution in [3.8, 4) is 11.5 Å². The second kappa shape index (κ2) is 9.34. The Morgan fingerprint density at radius 1 is 0.839 bits per heavy atom. The number of benzene rings is 3. The fourth-order valence-electron chi connectivity index (χ4n) is 3.70. The van der Waals surface area contributed by atoms with Crippen LogP contribution in [0.1, 0.15) is 39.1 Å². The SMILES string of the molecule is NC(=O)c1ccc(Oc2ccc(C(=O)NCc3ccccc3N3CCCC3)cc2)cc1. The Balaban J connectivity index is 1.36. The molecular formula is C25H25N3O3. The van der Waals surface area contributed by atoms with Crippen LogP contribution in [0.3, 0.4) is 0 Å². The van der Waals surface area contributed by atoms with Crippen LogP contribution in [0.15, 0.2) is 72.8 Å². The van der Waals surface area contributed by atoms with Gasteiger partial charge in [0.2, 0.25) is 5.91 Å². The maximum absolute atomic E-state index is 12.6. The first kappa shape index (κ1) is 20.5. The van der Waals surface area contributed by atoms with E-state index in [-0.39, 0.29) is 5.91 Å². The first-order chi connectivity index (χ1) is 15.1. The Bertz CT molecular complexity index is 1060. The van der Waals surface area contributed by atoms with Gasteiger partial charge in [0.25, 0.3) is 5.91 Å². The molecule has 2 amide bonds. The second-order valence-electron chi connectivity index (χ2n) is 7.52. The van der Waals surface area contributed by atoms with Gasteiger partial charge in [0.15, 0.2) is 0 Å². The number of carbonyl (C=O) groups is 2. The molecule has 0 unspecified atom stereocenters. The number of rotatable bonds is 7. The summed E-state index contributed by atoms with van der Waals surface area (Å²) in [4.78, 5) is 26.1. The molecule has 1 heterocycles. The van der Waals surface area contributed by atoms with E-state index in [1.807, 2.05) is 12.1 Å². The summed E-state index contributed by atoms with van der Waals surface area (Å²) in [6.45, 7) is 2.62. The van der Waals surface area contributed by atoms with E-state index < -0.39 is 5.91 Å². The largest absolute Gasteiger partial charge is 0.457 e. The Kier molecular flexibility index (Phi) is 6.17. The van der Waals surface area contributed by atoms with E-state index in [0.29, 0.717) is 29.2 Å². The molecule has 3 aromatic carbocycles. The lowest BCUT2D eigenvalue weighted by atomic mass is 10.1. The van der Waals surface area contributed by atoms with Gasteiger partial charge in [0.05, 0.1) is 0 Å². The molecule has 1 fully saturated rings. The number of para-hydroxylation sites is 1. The third kappa shape index (κ3) is 5.04. The maximum atomic E-state index is 12.6. The summed E-state index contributed by atoms with van der Waals surface area (Å²) in [7, 11) is 0. The van der Waals surface area contributed by atoms with Crippen molar-refractivity contribution < 1.29 is 14.3 Å². The molecule has 1 aliphatic rings. The summed E-state index contributed by atoms with van der Waals surface area (Å²) in [5.41, 5.74) is 8.55. The zero-order valence-corrected chi connectivity index (χ0v) is 17.2. The smallest absolute Gasteiger partial charge is 0.251 e. The number of nitrogens with one attached hydrogen (secondary N) is 1. The topological polar surface area (TPSA) is 84.7 Å². The van der Waals surface area contributed by atoms with Crippen LogP contribution in [0.25, 0.3) is 0 Å². The molecular weight excluding hydrogens is 390 g/mol. The summed E-state index contributed by atoms with van der Waals surface area (Å²) in [6.07, 6.45) is 2.43. The molecule has 6 heteroatoms. The Morgan fingerprint density at radius 3 is 2.03 bits per heavy atom. The highest BCUT2D eigenvalue weighted by Gasteiger charge is 2.16. The minimum absolute atomic E-state index is 0.131. The highest BCUT2D eigenvalue weighted by atomic mass is 16.5. The Morgan fingerprint density at radius 2 is 1.42 bits per heavy atom. The zero-order valence-electron chi connectivity index (χ0n) is 17.2. The lowest BCUT2D eigenvalue weighted by Gasteiger charge is -2.21. The summed E-state index contributed by atoms with van der Waals surface area (Å²) in [5, 5.41) is 3.01. The normalized spacial score (nSPS) is 13.1. The van der Waals surface area contributed by atoms with E-state index in [2.05, 4.69) is 22.3 Å². The Hall–Kier alpha value is -3.80. The summed E-state index contributed by atoms with van der Waals surface area (Å²) >= 11 is 0. The van der Waals surface area contributed by atoms with Gasteiger partial charge in [-0.3, -0.25) is 9.59 Å². The highest BCUT2D eigenvalue weighted by Crippen LogP contribution is 2.25. The number of hydrogen-bond donors (Lipinski definition) is 2.